The van der Waals surface area contributed by atoms with Gasteiger partial charge in [-0.1, -0.05) is 25.7 Å². The van der Waals surface area contributed by atoms with Crippen molar-refractivity contribution in [3.63, 3.8) is 0 Å². The van der Waals surface area contributed by atoms with Crippen molar-refractivity contribution in [1.82, 2.24) is 49.5 Å². The Morgan fingerprint density at radius 3 is 1.50 bits per heavy atom. The summed E-state index contributed by atoms with van der Waals surface area (Å²) in [6.07, 6.45) is 26.5. The van der Waals surface area contributed by atoms with Gasteiger partial charge in [0, 0.05) is 58.8 Å². The van der Waals surface area contributed by atoms with Crippen molar-refractivity contribution in [2.45, 2.75) is 76.3 Å². The molecule has 0 amide bonds. The van der Waals surface area contributed by atoms with Crippen molar-refractivity contribution < 1.29 is 19.8 Å². The minimum Gasteiger partial charge on any atom is -0.478 e. The molecule has 0 bridgehead atoms. The zero-order valence-corrected chi connectivity index (χ0v) is 29.5. The number of fused-ring (bicyclic) bond motifs is 2. The van der Waals surface area contributed by atoms with E-state index in [2.05, 4.69) is 52.2 Å². The highest BCUT2D eigenvalue weighted by Crippen LogP contribution is 2.38. The van der Waals surface area contributed by atoms with Gasteiger partial charge in [-0.3, -0.25) is 9.36 Å². The van der Waals surface area contributed by atoms with Gasteiger partial charge in [0.05, 0.1) is 60.8 Å². The number of rotatable bonds is 10. The highest BCUT2D eigenvalue weighted by molar-refractivity contribution is 5.91. The van der Waals surface area contributed by atoms with Crippen molar-refractivity contribution in [1.29, 1.82) is 10.5 Å². The summed E-state index contributed by atoms with van der Waals surface area (Å²) >= 11 is 0. The van der Waals surface area contributed by atoms with Crippen LogP contribution in [-0.2, 0) is 9.59 Å². The minimum atomic E-state index is -1.26. The molecular formula is C38H40N12O4. The second kappa shape index (κ2) is 17.7. The Labute approximate surface area is 310 Å². The van der Waals surface area contributed by atoms with E-state index in [0.717, 1.165) is 44.6 Å². The molecule has 0 spiro atoms. The Balaban J connectivity index is 0.000000154. The molecule has 2 aliphatic rings. The first-order chi connectivity index (χ1) is 26.4. The number of aliphatic carboxylic acids is 2. The molecule has 2 atom stereocenters. The first kappa shape index (κ1) is 37.1. The van der Waals surface area contributed by atoms with Crippen LogP contribution in [0.1, 0.15) is 76.3 Å². The molecule has 6 aromatic rings. The molecule has 2 fully saturated rings. The van der Waals surface area contributed by atoms with E-state index < -0.39 is 11.9 Å². The van der Waals surface area contributed by atoms with Crippen LogP contribution in [0.3, 0.4) is 0 Å². The van der Waals surface area contributed by atoms with Crippen LogP contribution in [0, 0.1) is 34.5 Å². The highest BCUT2D eigenvalue weighted by atomic mass is 16.4. The second-order valence-electron chi connectivity index (χ2n) is 13.3. The molecule has 4 N–H and O–H groups in total. The number of carbonyl (C=O) groups is 2. The van der Waals surface area contributed by atoms with Gasteiger partial charge in [0.15, 0.2) is 0 Å². The van der Waals surface area contributed by atoms with Gasteiger partial charge in [0.25, 0.3) is 0 Å². The third-order valence-corrected chi connectivity index (χ3v) is 9.99. The van der Waals surface area contributed by atoms with Gasteiger partial charge in [-0.15, -0.1) is 0 Å². The van der Waals surface area contributed by atoms with Crippen molar-refractivity contribution in [3.8, 4) is 34.7 Å². The number of aromatic amines is 2. The molecule has 16 heteroatoms. The predicted octanol–water partition coefficient (Wildman–Crippen LogP) is 6.64. The van der Waals surface area contributed by atoms with Crippen LogP contribution in [0.25, 0.3) is 44.6 Å². The van der Waals surface area contributed by atoms with E-state index in [1.165, 1.54) is 51.4 Å². The van der Waals surface area contributed by atoms with E-state index in [-0.39, 0.29) is 12.1 Å². The topological polar surface area (TPSA) is 241 Å². The van der Waals surface area contributed by atoms with E-state index in [9.17, 15) is 20.1 Å². The number of carboxylic acid groups (broad SMARTS) is 2. The molecule has 0 aromatic carbocycles. The number of aromatic nitrogens is 10. The average molecular weight is 729 g/mol. The summed E-state index contributed by atoms with van der Waals surface area (Å²) in [6, 6.07) is 8.94. The molecule has 54 heavy (non-hydrogen) atoms. The van der Waals surface area contributed by atoms with E-state index >= 15 is 0 Å². The van der Waals surface area contributed by atoms with Gasteiger partial charge in [-0.05, 0) is 49.7 Å². The number of hydrogen-bond acceptors (Lipinski definition) is 10. The molecule has 16 nitrogen and oxygen atoms in total. The first-order valence-corrected chi connectivity index (χ1v) is 17.9. The third-order valence-electron chi connectivity index (χ3n) is 9.99. The van der Waals surface area contributed by atoms with Gasteiger partial charge >= 0.3 is 11.9 Å². The zero-order valence-electron chi connectivity index (χ0n) is 29.5. The lowest BCUT2D eigenvalue weighted by Crippen LogP contribution is -2.17. The minimum absolute atomic E-state index is 0.166. The van der Waals surface area contributed by atoms with Crippen molar-refractivity contribution >= 4 is 34.0 Å². The quantitative estimate of drug-likeness (QED) is 0.108. The van der Waals surface area contributed by atoms with Gasteiger partial charge in [-0.25, -0.2) is 29.5 Å². The normalized spacial score (nSPS) is 15.6. The molecule has 6 aromatic heterocycles. The molecule has 0 aliphatic heterocycles. The summed E-state index contributed by atoms with van der Waals surface area (Å²) in [5, 5.41) is 45.0. The summed E-state index contributed by atoms with van der Waals surface area (Å²) in [5.41, 5.74) is 5.35. The van der Waals surface area contributed by atoms with E-state index in [0.29, 0.717) is 36.8 Å². The molecule has 6 heterocycles. The Bertz CT molecular complexity index is 2130. The lowest BCUT2D eigenvalue weighted by Gasteiger charge is -2.21. The SMILES string of the molecule is N#CC[C@@H](C1CCCC1)n1cc(-c2ncnc3[nH]ccc23)cn1.N#CC[C@@H](C1CCCC1)n1cc(-c2ncnc3[nH]ccc23)cn1.O=C(O)/C=C/C(=O)O. The third kappa shape index (κ3) is 8.85. The summed E-state index contributed by atoms with van der Waals surface area (Å²) in [7, 11) is 0. The van der Waals surface area contributed by atoms with Crippen LogP contribution < -0.4 is 0 Å². The number of hydrogen-bond donors (Lipinski definition) is 4. The Kier molecular flexibility index (Phi) is 12.2. The van der Waals surface area contributed by atoms with Crippen LogP contribution in [0.2, 0.25) is 0 Å². The number of H-pyrrole nitrogens is 2. The first-order valence-electron chi connectivity index (χ1n) is 17.9. The van der Waals surface area contributed by atoms with Crippen LogP contribution in [0.15, 0.2) is 74.1 Å². The second-order valence-corrected chi connectivity index (χ2v) is 13.3. The Hall–Kier alpha value is -6.68. The highest BCUT2D eigenvalue weighted by Gasteiger charge is 2.28. The van der Waals surface area contributed by atoms with Gasteiger partial charge in [-0.2, -0.15) is 20.7 Å². The molecule has 276 valence electrons. The van der Waals surface area contributed by atoms with E-state index in [1.54, 1.807) is 12.7 Å². The summed E-state index contributed by atoms with van der Waals surface area (Å²) in [5.74, 6) is -1.40. The molecule has 2 aliphatic carbocycles. The lowest BCUT2D eigenvalue weighted by molar-refractivity contribution is -0.134. The molecule has 0 radical (unpaired) electrons. The standard InChI is InChI=1S/2C17H18N6.C4H4O4/c2*18-7-5-15(12-3-1-2-4-12)23-10-13(9-22-23)16-14-6-8-19-17(14)21-11-20-16;5-3(6)1-2-4(7)8/h2*6,8-12,15H,1-5H2,(H,19,20,21);1-2H,(H,5,6)(H,7,8)/b;;2-1+/t2*15-;/m00./s1. The Morgan fingerprint density at radius 2 is 1.13 bits per heavy atom. The zero-order chi connectivity index (χ0) is 37.9. The van der Waals surface area contributed by atoms with Crippen molar-refractivity contribution in [2.24, 2.45) is 11.8 Å². The number of nitrogens with one attached hydrogen (secondary N) is 2. The maximum atomic E-state index is 9.55. The fraction of sp³-hybridized carbons (Fsp3) is 0.368. The molecule has 0 unspecified atom stereocenters. The fourth-order valence-corrected chi connectivity index (χ4v) is 7.45. The van der Waals surface area contributed by atoms with E-state index in [4.69, 9.17) is 10.2 Å². The molecular weight excluding hydrogens is 688 g/mol. The summed E-state index contributed by atoms with van der Waals surface area (Å²) in [4.78, 5) is 42.6. The molecule has 8 rings (SSSR count). The largest absolute Gasteiger partial charge is 0.478 e. The van der Waals surface area contributed by atoms with Gasteiger partial charge < -0.3 is 20.2 Å². The van der Waals surface area contributed by atoms with Crippen LogP contribution in [0.4, 0.5) is 0 Å². The number of nitrogens with zero attached hydrogens (tertiary/aromatic N) is 10. The summed E-state index contributed by atoms with van der Waals surface area (Å²) in [6.45, 7) is 0. The van der Waals surface area contributed by atoms with Crippen LogP contribution in [0.5, 0.6) is 0 Å². The van der Waals surface area contributed by atoms with Crippen molar-refractivity contribution in [3.05, 3.63) is 74.1 Å². The van der Waals surface area contributed by atoms with Crippen LogP contribution >= 0.6 is 0 Å². The van der Waals surface area contributed by atoms with Gasteiger partial charge in [0.2, 0.25) is 0 Å². The average Bonchev–Trinajstić information content (AvgIpc) is 4.04. The number of nitriles is 2. The lowest BCUT2D eigenvalue weighted by atomic mass is 9.96. The molecule has 0 saturated heterocycles. The van der Waals surface area contributed by atoms with Crippen LogP contribution in [-0.4, -0.2) is 71.6 Å². The fourth-order valence-electron chi connectivity index (χ4n) is 7.45. The van der Waals surface area contributed by atoms with Crippen molar-refractivity contribution in [2.75, 3.05) is 0 Å². The smallest absolute Gasteiger partial charge is 0.328 e. The maximum absolute atomic E-state index is 9.55. The molecule has 2 saturated carbocycles. The Morgan fingerprint density at radius 1 is 0.722 bits per heavy atom. The number of carboxylic acids is 2. The van der Waals surface area contributed by atoms with E-state index in [1.807, 2.05) is 58.7 Å². The summed E-state index contributed by atoms with van der Waals surface area (Å²) < 4.78 is 3.93. The maximum Gasteiger partial charge on any atom is 0.328 e. The monoisotopic (exact) mass is 728 g/mol. The van der Waals surface area contributed by atoms with Gasteiger partial charge in [0.1, 0.15) is 23.9 Å². The predicted molar refractivity (Wildman–Crippen MR) is 197 cm³/mol.